The van der Waals surface area contributed by atoms with Gasteiger partial charge in [-0.1, -0.05) is 39.2 Å². The molecule has 1 rings (SSSR count). The maximum atomic E-state index is 12.0. The van der Waals surface area contributed by atoms with Crippen LogP contribution in [0.15, 0.2) is 23.1 Å². The number of hydrogen-bond acceptors (Lipinski definition) is 4. The molecule has 5 nitrogen and oxygen atoms in total. The highest BCUT2D eigenvalue weighted by atomic mass is 32.2. The number of rotatable bonds is 8. The third kappa shape index (κ3) is 5.47. The minimum absolute atomic E-state index is 0.0611. The number of carbonyl (C=O) groups excluding carboxylic acids is 1. The van der Waals surface area contributed by atoms with Gasteiger partial charge >= 0.3 is 0 Å². The SMILES string of the molecule is CC(C)CCCCCC(=O)c1cccc(S(=O)(=O)O)c1O. The van der Waals surface area contributed by atoms with E-state index >= 15 is 0 Å². The van der Waals surface area contributed by atoms with Crippen LogP contribution in [0.25, 0.3) is 0 Å². The maximum Gasteiger partial charge on any atom is 0.298 e. The second-order valence-corrected chi connectivity index (χ2v) is 6.93. The maximum absolute atomic E-state index is 12.0. The lowest BCUT2D eigenvalue weighted by atomic mass is 10.0. The molecule has 0 spiro atoms. The Bertz CT molecular complexity index is 590. The molecule has 0 unspecified atom stereocenters. The molecule has 0 aliphatic rings. The zero-order valence-electron chi connectivity index (χ0n) is 12.4. The molecule has 6 heteroatoms. The Hall–Kier alpha value is -1.40. The standard InChI is InChI=1S/C15H22O5S/c1-11(2)7-4-3-5-9-13(16)12-8-6-10-14(15(12)17)21(18,19)20/h6,8,10-11,17H,3-5,7,9H2,1-2H3,(H,18,19,20). The van der Waals surface area contributed by atoms with Gasteiger partial charge < -0.3 is 5.11 Å². The van der Waals surface area contributed by atoms with Crippen molar-refractivity contribution in [3.05, 3.63) is 23.8 Å². The number of hydrogen-bond donors (Lipinski definition) is 2. The van der Waals surface area contributed by atoms with Crippen molar-refractivity contribution in [2.24, 2.45) is 5.92 Å². The van der Waals surface area contributed by atoms with Crippen molar-refractivity contribution in [1.29, 1.82) is 0 Å². The van der Waals surface area contributed by atoms with Gasteiger partial charge in [0.25, 0.3) is 10.1 Å². The van der Waals surface area contributed by atoms with Crippen LogP contribution in [-0.2, 0) is 10.1 Å². The van der Waals surface area contributed by atoms with E-state index in [1.165, 1.54) is 12.1 Å². The van der Waals surface area contributed by atoms with Crippen LogP contribution in [0.3, 0.4) is 0 Å². The molecule has 0 saturated carbocycles. The van der Waals surface area contributed by atoms with Crippen molar-refractivity contribution in [3.63, 3.8) is 0 Å². The van der Waals surface area contributed by atoms with E-state index < -0.39 is 20.8 Å². The van der Waals surface area contributed by atoms with Gasteiger partial charge in [-0.15, -0.1) is 0 Å². The van der Waals surface area contributed by atoms with Gasteiger partial charge in [0, 0.05) is 6.42 Å². The van der Waals surface area contributed by atoms with Crippen LogP contribution in [0.2, 0.25) is 0 Å². The van der Waals surface area contributed by atoms with Crippen molar-refractivity contribution in [1.82, 2.24) is 0 Å². The third-order valence-corrected chi connectivity index (χ3v) is 4.15. The fraction of sp³-hybridized carbons (Fsp3) is 0.533. The molecule has 0 bridgehead atoms. The van der Waals surface area contributed by atoms with E-state index in [9.17, 15) is 18.3 Å². The van der Waals surface area contributed by atoms with Crippen LogP contribution in [0.1, 0.15) is 56.3 Å². The molecule has 0 saturated heterocycles. The van der Waals surface area contributed by atoms with Crippen LogP contribution >= 0.6 is 0 Å². The van der Waals surface area contributed by atoms with E-state index in [-0.39, 0.29) is 17.8 Å². The molecule has 0 aromatic heterocycles. The molecule has 0 amide bonds. The van der Waals surface area contributed by atoms with Crippen molar-refractivity contribution in [2.75, 3.05) is 0 Å². The summed E-state index contributed by atoms with van der Waals surface area (Å²) >= 11 is 0. The van der Waals surface area contributed by atoms with Gasteiger partial charge in [0.05, 0.1) is 5.56 Å². The van der Waals surface area contributed by atoms with E-state index in [4.69, 9.17) is 4.55 Å². The Balaban J connectivity index is 2.67. The number of carbonyl (C=O) groups is 1. The summed E-state index contributed by atoms with van der Waals surface area (Å²) in [4.78, 5) is 11.4. The summed E-state index contributed by atoms with van der Waals surface area (Å²) in [7, 11) is -4.53. The number of aromatic hydroxyl groups is 1. The number of Topliss-reactive ketones (excluding diaryl/α,β-unsaturated/α-hetero) is 1. The zero-order valence-corrected chi connectivity index (χ0v) is 13.2. The van der Waals surface area contributed by atoms with Crippen LogP contribution < -0.4 is 0 Å². The number of phenols is 1. The van der Waals surface area contributed by atoms with E-state index in [0.29, 0.717) is 12.3 Å². The van der Waals surface area contributed by atoms with Crippen LogP contribution in [0.5, 0.6) is 5.75 Å². The summed E-state index contributed by atoms with van der Waals surface area (Å²) in [6.07, 6.45) is 4.02. The predicted molar refractivity (Wildman–Crippen MR) is 80.2 cm³/mol. The minimum Gasteiger partial charge on any atom is -0.506 e. The monoisotopic (exact) mass is 314 g/mol. The molecule has 0 fully saturated rings. The summed E-state index contributed by atoms with van der Waals surface area (Å²) in [5.74, 6) is -0.356. The zero-order chi connectivity index (χ0) is 16.0. The van der Waals surface area contributed by atoms with Crippen molar-refractivity contribution in [2.45, 2.75) is 50.8 Å². The Labute approximate surface area is 125 Å². The van der Waals surface area contributed by atoms with Gasteiger partial charge in [0.2, 0.25) is 0 Å². The van der Waals surface area contributed by atoms with Crippen molar-refractivity contribution >= 4 is 15.9 Å². The first-order valence-corrected chi connectivity index (χ1v) is 8.50. The molecule has 1 aromatic rings. The average molecular weight is 314 g/mol. The summed E-state index contributed by atoms with van der Waals surface area (Å²) in [6, 6.07) is 3.75. The van der Waals surface area contributed by atoms with Crippen LogP contribution in [0.4, 0.5) is 0 Å². The smallest absolute Gasteiger partial charge is 0.298 e. The molecule has 118 valence electrons. The largest absolute Gasteiger partial charge is 0.506 e. The number of phenolic OH excluding ortho intramolecular Hbond substituents is 1. The molecule has 2 N–H and O–H groups in total. The molecule has 1 aromatic carbocycles. The van der Waals surface area contributed by atoms with Gasteiger partial charge in [0.1, 0.15) is 10.6 Å². The molecule has 21 heavy (non-hydrogen) atoms. The van der Waals surface area contributed by atoms with Gasteiger partial charge in [0.15, 0.2) is 5.78 Å². The molecule has 0 aliphatic heterocycles. The average Bonchev–Trinajstić information content (AvgIpc) is 2.36. The normalized spacial score (nSPS) is 11.8. The first kappa shape index (κ1) is 17.7. The van der Waals surface area contributed by atoms with Crippen molar-refractivity contribution < 1.29 is 22.9 Å². The lowest BCUT2D eigenvalue weighted by Gasteiger charge is -2.07. The highest BCUT2D eigenvalue weighted by molar-refractivity contribution is 7.86. The Kier molecular flexibility index (Phi) is 6.36. The van der Waals surface area contributed by atoms with Gasteiger partial charge in [-0.25, -0.2) is 0 Å². The Morgan fingerprint density at radius 2 is 1.86 bits per heavy atom. The number of ketones is 1. The summed E-state index contributed by atoms with van der Waals surface area (Å²) in [6.45, 7) is 4.29. The van der Waals surface area contributed by atoms with Crippen LogP contribution in [-0.4, -0.2) is 23.9 Å². The third-order valence-electron chi connectivity index (χ3n) is 3.26. The second-order valence-electron chi connectivity index (χ2n) is 5.54. The molecule has 0 aliphatic carbocycles. The first-order valence-electron chi connectivity index (χ1n) is 7.06. The van der Waals surface area contributed by atoms with Crippen molar-refractivity contribution in [3.8, 4) is 5.75 Å². The summed E-state index contributed by atoms with van der Waals surface area (Å²) < 4.78 is 31.1. The van der Waals surface area contributed by atoms with Gasteiger partial charge in [-0.3, -0.25) is 9.35 Å². The fourth-order valence-electron chi connectivity index (χ4n) is 2.11. The lowest BCUT2D eigenvalue weighted by molar-refractivity contribution is 0.0976. The molecular formula is C15H22O5S. The lowest BCUT2D eigenvalue weighted by Crippen LogP contribution is -2.04. The molecule has 0 radical (unpaired) electrons. The Morgan fingerprint density at radius 1 is 1.19 bits per heavy atom. The van der Waals surface area contributed by atoms with Crippen LogP contribution in [0, 0.1) is 5.92 Å². The number of benzene rings is 1. The minimum atomic E-state index is -4.53. The van der Waals surface area contributed by atoms with E-state index in [1.807, 2.05) is 0 Å². The number of para-hydroxylation sites is 1. The quantitative estimate of drug-likeness (QED) is 0.436. The second kappa shape index (κ2) is 7.56. The molecule has 0 heterocycles. The molecule has 0 atom stereocenters. The van der Waals surface area contributed by atoms with E-state index in [2.05, 4.69) is 13.8 Å². The van der Waals surface area contributed by atoms with Gasteiger partial charge in [-0.2, -0.15) is 8.42 Å². The highest BCUT2D eigenvalue weighted by Gasteiger charge is 2.20. The van der Waals surface area contributed by atoms with E-state index in [1.54, 1.807) is 0 Å². The topological polar surface area (TPSA) is 91.7 Å². The first-order chi connectivity index (χ1) is 9.73. The number of unbranched alkanes of at least 4 members (excludes halogenated alkanes) is 2. The Morgan fingerprint density at radius 3 is 2.43 bits per heavy atom. The molecular weight excluding hydrogens is 292 g/mol. The fourth-order valence-corrected chi connectivity index (χ4v) is 2.71. The van der Waals surface area contributed by atoms with Gasteiger partial charge in [-0.05, 0) is 24.5 Å². The summed E-state index contributed by atoms with van der Waals surface area (Å²) in [5, 5.41) is 9.81. The summed E-state index contributed by atoms with van der Waals surface area (Å²) in [5.41, 5.74) is -0.0611. The van der Waals surface area contributed by atoms with E-state index in [0.717, 1.165) is 25.3 Å². The predicted octanol–water partition coefficient (Wildman–Crippen LogP) is 3.43. The highest BCUT2D eigenvalue weighted by Crippen LogP contribution is 2.28.